The van der Waals surface area contributed by atoms with Gasteiger partial charge in [-0.3, -0.25) is 0 Å². The van der Waals surface area contributed by atoms with Crippen molar-refractivity contribution < 1.29 is 21.6 Å². The molecule has 1 N–H and O–H groups in total. The fourth-order valence-corrected chi connectivity index (χ4v) is 3.24. The summed E-state index contributed by atoms with van der Waals surface area (Å²) in [5, 5.41) is -0.295. The average Bonchev–Trinajstić information content (AvgIpc) is 2.95. The number of nitrogens with zero attached hydrogens (tertiary/aromatic N) is 2. The number of sulfonamides is 1. The summed E-state index contributed by atoms with van der Waals surface area (Å²) in [6.45, 7) is 0.0717. The van der Waals surface area contributed by atoms with Crippen LogP contribution in [0.25, 0.3) is 0 Å². The lowest BCUT2D eigenvalue weighted by molar-refractivity contribution is -0.137. The van der Waals surface area contributed by atoms with Crippen LogP contribution in [0.15, 0.2) is 11.2 Å². The Morgan fingerprint density at radius 3 is 2.50 bits per heavy atom. The number of nitrogens with one attached hydrogen (secondary N) is 1. The number of hydrogen-bond acceptors (Lipinski definition) is 3. The highest BCUT2D eigenvalue weighted by atomic mass is 32.2. The van der Waals surface area contributed by atoms with Crippen molar-refractivity contribution in [3.8, 4) is 0 Å². The molecule has 0 radical (unpaired) electrons. The van der Waals surface area contributed by atoms with E-state index in [1.165, 1.54) is 6.92 Å². The first-order chi connectivity index (χ1) is 8.20. The summed E-state index contributed by atoms with van der Waals surface area (Å²) in [6, 6.07) is -0.555. The maximum absolute atomic E-state index is 12.4. The first kappa shape index (κ1) is 13.3. The SMILES string of the molecule is Cc1ncc(S(=O)(=O)N(CC(F)(F)F)C2CC2)[nH]1. The normalized spacial score (nSPS) is 17.4. The first-order valence-corrected chi connectivity index (χ1v) is 6.74. The summed E-state index contributed by atoms with van der Waals surface area (Å²) in [6.07, 6.45) is -2.59. The Kier molecular flexibility index (Phi) is 3.14. The van der Waals surface area contributed by atoms with Gasteiger partial charge in [0.2, 0.25) is 0 Å². The molecule has 0 saturated heterocycles. The highest BCUT2D eigenvalue weighted by Crippen LogP contribution is 2.34. The van der Waals surface area contributed by atoms with Gasteiger partial charge >= 0.3 is 6.18 Å². The maximum Gasteiger partial charge on any atom is 0.402 e. The molecule has 0 unspecified atom stereocenters. The van der Waals surface area contributed by atoms with Crippen LogP contribution in [0.3, 0.4) is 0 Å². The van der Waals surface area contributed by atoms with E-state index in [1.54, 1.807) is 0 Å². The molecule has 1 aromatic heterocycles. The molecule has 18 heavy (non-hydrogen) atoms. The second kappa shape index (κ2) is 4.23. The van der Waals surface area contributed by atoms with E-state index in [1.807, 2.05) is 0 Å². The molecule has 1 aliphatic carbocycles. The molecule has 5 nitrogen and oxygen atoms in total. The molecule has 0 aromatic carbocycles. The third kappa shape index (κ3) is 2.83. The van der Waals surface area contributed by atoms with E-state index in [0.717, 1.165) is 6.20 Å². The molecule has 0 amide bonds. The van der Waals surface area contributed by atoms with Crippen LogP contribution in [-0.4, -0.2) is 41.5 Å². The van der Waals surface area contributed by atoms with Gasteiger partial charge in [0.1, 0.15) is 12.4 Å². The predicted octanol–water partition coefficient (Wildman–Crippen LogP) is 1.43. The number of halogens is 3. The van der Waals surface area contributed by atoms with Crippen molar-refractivity contribution in [2.75, 3.05) is 6.54 Å². The van der Waals surface area contributed by atoms with Gasteiger partial charge in [-0.15, -0.1) is 0 Å². The minimum absolute atomic E-state index is 0.295. The quantitative estimate of drug-likeness (QED) is 0.909. The number of alkyl halides is 3. The van der Waals surface area contributed by atoms with Crippen LogP contribution in [-0.2, 0) is 10.0 Å². The Bertz CT molecular complexity index is 533. The van der Waals surface area contributed by atoms with Crippen LogP contribution < -0.4 is 0 Å². The van der Waals surface area contributed by atoms with Gasteiger partial charge in [0.05, 0.1) is 6.20 Å². The summed E-state index contributed by atoms with van der Waals surface area (Å²) in [7, 11) is -4.15. The standard InChI is InChI=1S/C9H12F3N3O2S/c1-6-13-4-8(14-6)18(16,17)15(7-2-3-7)5-9(10,11)12/h4,7H,2-3,5H2,1H3,(H,13,14). The molecule has 1 saturated carbocycles. The fraction of sp³-hybridized carbons (Fsp3) is 0.667. The third-order valence-corrected chi connectivity index (χ3v) is 4.36. The number of hydrogen-bond donors (Lipinski definition) is 1. The minimum atomic E-state index is -4.55. The number of aromatic nitrogens is 2. The molecule has 2 rings (SSSR count). The third-order valence-electron chi connectivity index (χ3n) is 2.56. The minimum Gasteiger partial charge on any atom is -0.332 e. The molecular weight excluding hydrogens is 271 g/mol. The highest BCUT2D eigenvalue weighted by molar-refractivity contribution is 7.89. The molecule has 1 aromatic rings. The highest BCUT2D eigenvalue weighted by Gasteiger charge is 2.45. The summed E-state index contributed by atoms with van der Waals surface area (Å²) in [5.74, 6) is 0.344. The Balaban J connectivity index is 2.30. The van der Waals surface area contributed by atoms with Crippen molar-refractivity contribution in [3.05, 3.63) is 12.0 Å². The summed E-state index contributed by atoms with van der Waals surface area (Å²) < 4.78 is 61.9. The van der Waals surface area contributed by atoms with Crippen LogP contribution in [0.5, 0.6) is 0 Å². The topological polar surface area (TPSA) is 66.1 Å². The van der Waals surface area contributed by atoms with E-state index in [-0.39, 0.29) is 5.03 Å². The first-order valence-electron chi connectivity index (χ1n) is 5.30. The van der Waals surface area contributed by atoms with Gasteiger partial charge < -0.3 is 4.98 Å². The Morgan fingerprint density at radius 1 is 1.50 bits per heavy atom. The zero-order chi connectivity index (χ0) is 13.6. The average molecular weight is 283 g/mol. The fourth-order valence-electron chi connectivity index (χ4n) is 1.61. The van der Waals surface area contributed by atoms with Crippen LogP contribution in [0, 0.1) is 6.92 Å². The summed E-state index contributed by atoms with van der Waals surface area (Å²) in [4.78, 5) is 6.16. The van der Waals surface area contributed by atoms with Gasteiger partial charge in [0, 0.05) is 6.04 Å². The van der Waals surface area contributed by atoms with Crippen molar-refractivity contribution in [1.82, 2.24) is 14.3 Å². The summed E-state index contributed by atoms with van der Waals surface area (Å²) in [5.41, 5.74) is 0. The number of aryl methyl sites for hydroxylation is 1. The lowest BCUT2D eigenvalue weighted by Gasteiger charge is -2.22. The molecule has 1 aliphatic rings. The van der Waals surface area contributed by atoms with Crippen LogP contribution in [0.1, 0.15) is 18.7 Å². The number of imidazole rings is 1. The number of aromatic amines is 1. The molecule has 1 heterocycles. The van der Waals surface area contributed by atoms with Crippen LogP contribution in [0.4, 0.5) is 13.2 Å². The molecule has 0 spiro atoms. The molecule has 0 aliphatic heterocycles. The van der Waals surface area contributed by atoms with Gasteiger partial charge in [-0.2, -0.15) is 17.5 Å². The molecule has 0 bridgehead atoms. The van der Waals surface area contributed by atoms with E-state index in [9.17, 15) is 21.6 Å². The lowest BCUT2D eigenvalue weighted by Crippen LogP contribution is -2.40. The zero-order valence-corrected chi connectivity index (χ0v) is 10.3. The van der Waals surface area contributed by atoms with Crippen LogP contribution in [0.2, 0.25) is 0 Å². The second-order valence-corrected chi connectivity index (χ2v) is 6.09. The Hall–Kier alpha value is -1.09. The Labute approximate surface area is 102 Å². The van der Waals surface area contributed by atoms with Crippen molar-refractivity contribution in [2.24, 2.45) is 0 Å². The van der Waals surface area contributed by atoms with Gasteiger partial charge in [-0.05, 0) is 19.8 Å². The van der Waals surface area contributed by atoms with Gasteiger partial charge in [0.15, 0.2) is 5.03 Å². The number of H-pyrrole nitrogens is 1. The van der Waals surface area contributed by atoms with E-state index in [4.69, 9.17) is 0 Å². The largest absolute Gasteiger partial charge is 0.402 e. The molecule has 0 atom stereocenters. The smallest absolute Gasteiger partial charge is 0.332 e. The van der Waals surface area contributed by atoms with E-state index < -0.39 is 28.8 Å². The van der Waals surface area contributed by atoms with Crippen molar-refractivity contribution in [3.63, 3.8) is 0 Å². The molecular formula is C9H12F3N3O2S. The second-order valence-electron chi connectivity index (χ2n) is 4.23. The van der Waals surface area contributed by atoms with E-state index in [0.29, 0.717) is 23.0 Å². The van der Waals surface area contributed by atoms with E-state index >= 15 is 0 Å². The van der Waals surface area contributed by atoms with Crippen molar-refractivity contribution >= 4 is 10.0 Å². The monoisotopic (exact) mass is 283 g/mol. The predicted molar refractivity (Wildman–Crippen MR) is 56.3 cm³/mol. The van der Waals surface area contributed by atoms with Gasteiger partial charge in [-0.1, -0.05) is 0 Å². The van der Waals surface area contributed by atoms with Crippen molar-refractivity contribution in [1.29, 1.82) is 0 Å². The zero-order valence-electron chi connectivity index (χ0n) is 9.53. The Morgan fingerprint density at radius 2 is 2.11 bits per heavy atom. The molecule has 1 fully saturated rings. The summed E-state index contributed by atoms with van der Waals surface area (Å²) >= 11 is 0. The molecule has 102 valence electrons. The van der Waals surface area contributed by atoms with E-state index in [2.05, 4.69) is 9.97 Å². The van der Waals surface area contributed by atoms with Crippen LogP contribution >= 0.6 is 0 Å². The molecule has 9 heteroatoms. The van der Waals surface area contributed by atoms with Gasteiger partial charge in [0.25, 0.3) is 10.0 Å². The number of rotatable bonds is 4. The lowest BCUT2D eigenvalue weighted by atomic mass is 10.6. The maximum atomic E-state index is 12.4. The van der Waals surface area contributed by atoms with Gasteiger partial charge in [-0.25, -0.2) is 13.4 Å². The van der Waals surface area contributed by atoms with Crippen molar-refractivity contribution in [2.45, 2.75) is 37.0 Å².